The average molecular weight is 263 g/mol. The Kier molecular flexibility index (Phi) is 3.01. The quantitative estimate of drug-likeness (QED) is 0.876. The lowest BCUT2D eigenvalue weighted by Gasteiger charge is -2.23. The second-order valence-corrected chi connectivity index (χ2v) is 4.35. The van der Waals surface area contributed by atoms with Crippen molar-refractivity contribution < 1.29 is 19.4 Å². The van der Waals surface area contributed by atoms with Crippen molar-refractivity contribution in [2.24, 2.45) is 5.41 Å². The molecule has 0 saturated heterocycles. The summed E-state index contributed by atoms with van der Waals surface area (Å²) >= 11 is 3.08. The molecule has 1 rings (SSSR count). The van der Waals surface area contributed by atoms with Crippen molar-refractivity contribution in [3.8, 4) is 0 Å². The van der Waals surface area contributed by atoms with Gasteiger partial charge >= 0.3 is 5.97 Å². The zero-order valence-electron chi connectivity index (χ0n) is 7.82. The molecule has 0 amide bonds. The van der Waals surface area contributed by atoms with Gasteiger partial charge in [0, 0.05) is 0 Å². The fourth-order valence-electron chi connectivity index (χ4n) is 0.948. The molecule has 0 aliphatic carbocycles. The molecule has 0 bridgehead atoms. The van der Waals surface area contributed by atoms with Crippen LogP contribution in [0.3, 0.4) is 0 Å². The van der Waals surface area contributed by atoms with Gasteiger partial charge in [-0.1, -0.05) is 0 Å². The highest BCUT2D eigenvalue weighted by molar-refractivity contribution is 9.10. The summed E-state index contributed by atoms with van der Waals surface area (Å²) in [5.41, 5.74) is -1.27. The minimum absolute atomic E-state index is 0.240. The Hall–Kier alpha value is -0.810. The first-order valence-corrected chi connectivity index (χ1v) is 4.81. The van der Waals surface area contributed by atoms with Crippen LogP contribution < -0.4 is 0 Å². The minimum atomic E-state index is -1.27. The van der Waals surface area contributed by atoms with E-state index < -0.39 is 17.5 Å². The molecule has 4 nitrogen and oxygen atoms in total. The monoisotopic (exact) mass is 262 g/mol. The number of aliphatic hydroxyl groups excluding tert-OH is 1. The van der Waals surface area contributed by atoms with E-state index in [0.717, 1.165) is 0 Å². The summed E-state index contributed by atoms with van der Waals surface area (Å²) in [5.74, 6) is -0.832. The summed E-state index contributed by atoms with van der Waals surface area (Å²) in [5, 5.41) is 18.6. The molecule has 78 valence electrons. The smallest absolute Gasteiger partial charge is 0.312 e. The van der Waals surface area contributed by atoms with Gasteiger partial charge in [0.15, 0.2) is 4.67 Å². The van der Waals surface area contributed by atoms with Crippen LogP contribution >= 0.6 is 15.9 Å². The first kappa shape index (κ1) is 11.3. The number of aliphatic carboxylic acids is 1. The van der Waals surface area contributed by atoms with Crippen molar-refractivity contribution in [2.45, 2.75) is 20.0 Å². The predicted molar refractivity (Wildman–Crippen MR) is 52.8 cm³/mol. The van der Waals surface area contributed by atoms with Gasteiger partial charge in [-0.2, -0.15) is 0 Å². The van der Waals surface area contributed by atoms with Gasteiger partial charge in [0.1, 0.15) is 11.9 Å². The van der Waals surface area contributed by atoms with Crippen LogP contribution in [0.15, 0.2) is 21.2 Å². The van der Waals surface area contributed by atoms with Crippen LogP contribution in [-0.2, 0) is 4.79 Å². The van der Waals surface area contributed by atoms with Gasteiger partial charge in [0.25, 0.3) is 0 Å². The van der Waals surface area contributed by atoms with E-state index in [-0.39, 0.29) is 5.76 Å². The van der Waals surface area contributed by atoms with Crippen LogP contribution in [-0.4, -0.2) is 16.2 Å². The molecule has 0 fully saturated rings. The van der Waals surface area contributed by atoms with Crippen LogP contribution in [0.25, 0.3) is 0 Å². The molecular formula is C9H11BrO4. The third-order valence-corrected chi connectivity index (χ3v) is 2.52. The second-order valence-electron chi connectivity index (χ2n) is 3.57. The van der Waals surface area contributed by atoms with Crippen LogP contribution in [0.1, 0.15) is 25.7 Å². The number of carbonyl (C=O) groups is 1. The van der Waals surface area contributed by atoms with Crippen molar-refractivity contribution in [1.29, 1.82) is 0 Å². The van der Waals surface area contributed by atoms with E-state index in [1.54, 1.807) is 12.1 Å². The Bertz CT molecular complexity index is 342. The number of rotatable bonds is 3. The number of aliphatic hydroxyl groups is 1. The lowest BCUT2D eigenvalue weighted by molar-refractivity contribution is -0.154. The van der Waals surface area contributed by atoms with Crippen molar-refractivity contribution in [1.82, 2.24) is 0 Å². The molecule has 0 saturated carbocycles. The van der Waals surface area contributed by atoms with Crippen LogP contribution in [0.2, 0.25) is 0 Å². The highest BCUT2D eigenvalue weighted by atomic mass is 79.9. The first-order chi connectivity index (χ1) is 6.35. The third kappa shape index (κ3) is 1.99. The highest BCUT2D eigenvalue weighted by Gasteiger charge is 2.38. The van der Waals surface area contributed by atoms with E-state index in [0.29, 0.717) is 4.67 Å². The standard InChI is InChI=1S/C9H11BrO4/c1-9(2,8(12)13)7(11)5-3-4-6(10)14-5/h3-4,7,11H,1-2H3,(H,12,13). The molecule has 0 spiro atoms. The number of carboxylic acid groups (broad SMARTS) is 1. The second kappa shape index (κ2) is 3.74. The molecule has 1 unspecified atom stereocenters. The summed E-state index contributed by atoms with van der Waals surface area (Å²) in [6.07, 6.45) is -1.16. The molecular weight excluding hydrogens is 252 g/mol. The maximum absolute atomic E-state index is 10.8. The van der Waals surface area contributed by atoms with Crippen molar-refractivity contribution in [3.05, 3.63) is 22.6 Å². The summed E-state index contributed by atoms with van der Waals surface area (Å²) < 4.78 is 5.55. The van der Waals surface area contributed by atoms with Crippen LogP contribution in [0.4, 0.5) is 0 Å². The number of furan rings is 1. The normalized spacial score (nSPS) is 14.0. The zero-order chi connectivity index (χ0) is 10.9. The maximum Gasteiger partial charge on any atom is 0.312 e. The van der Waals surface area contributed by atoms with Gasteiger partial charge in [-0.3, -0.25) is 4.79 Å². The molecule has 1 aromatic rings. The van der Waals surface area contributed by atoms with Crippen molar-refractivity contribution in [2.75, 3.05) is 0 Å². The Labute approximate surface area is 89.7 Å². The lowest BCUT2D eigenvalue weighted by atomic mass is 9.85. The van der Waals surface area contributed by atoms with Gasteiger partial charge in [0.05, 0.1) is 5.41 Å². The molecule has 1 heterocycles. The maximum atomic E-state index is 10.8. The largest absolute Gasteiger partial charge is 0.481 e. The van der Waals surface area contributed by atoms with E-state index in [9.17, 15) is 9.90 Å². The fourth-order valence-corrected chi connectivity index (χ4v) is 1.27. The molecule has 5 heteroatoms. The summed E-state index contributed by atoms with van der Waals surface area (Å²) in [7, 11) is 0. The van der Waals surface area contributed by atoms with E-state index >= 15 is 0 Å². The molecule has 2 N–H and O–H groups in total. The van der Waals surface area contributed by atoms with Gasteiger partial charge in [-0.15, -0.1) is 0 Å². The molecule has 0 radical (unpaired) electrons. The topological polar surface area (TPSA) is 70.7 Å². The van der Waals surface area contributed by atoms with Crippen molar-refractivity contribution >= 4 is 21.9 Å². The summed E-state index contributed by atoms with van der Waals surface area (Å²) in [6.45, 7) is 2.88. The van der Waals surface area contributed by atoms with Gasteiger partial charge in [-0.25, -0.2) is 0 Å². The lowest BCUT2D eigenvalue weighted by Crippen LogP contribution is -2.30. The van der Waals surface area contributed by atoms with Crippen molar-refractivity contribution in [3.63, 3.8) is 0 Å². The van der Waals surface area contributed by atoms with E-state index in [1.807, 2.05) is 0 Å². The molecule has 1 atom stereocenters. The molecule has 1 aromatic heterocycles. The summed E-state index contributed by atoms with van der Waals surface area (Å²) in [4.78, 5) is 10.8. The highest BCUT2D eigenvalue weighted by Crippen LogP contribution is 2.35. The molecule has 14 heavy (non-hydrogen) atoms. The number of hydrogen-bond donors (Lipinski definition) is 2. The average Bonchev–Trinajstić information content (AvgIpc) is 2.50. The molecule has 0 aliphatic rings. The van der Waals surface area contributed by atoms with Gasteiger partial charge < -0.3 is 14.6 Å². The number of halogens is 1. The Balaban J connectivity index is 2.95. The first-order valence-electron chi connectivity index (χ1n) is 4.02. The Morgan fingerprint density at radius 1 is 1.57 bits per heavy atom. The Morgan fingerprint density at radius 3 is 2.50 bits per heavy atom. The number of hydrogen-bond acceptors (Lipinski definition) is 3. The van der Waals surface area contributed by atoms with Gasteiger partial charge in [-0.05, 0) is 41.9 Å². The molecule has 0 aromatic carbocycles. The SMILES string of the molecule is CC(C)(C(=O)O)C(O)c1ccc(Br)o1. The van der Waals surface area contributed by atoms with E-state index in [1.165, 1.54) is 13.8 Å². The Morgan fingerprint density at radius 2 is 2.14 bits per heavy atom. The summed E-state index contributed by atoms with van der Waals surface area (Å²) in [6, 6.07) is 3.15. The third-order valence-electron chi connectivity index (χ3n) is 2.10. The van der Waals surface area contributed by atoms with Crippen LogP contribution in [0.5, 0.6) is 0 Å². The van der Waals surface area contributed by atoms with E-state index in [2.05, 4.69) is 15.9 Å². The zero-order valence-corrected chi connectivity index (χ0v) is 9.41. The fraction of sp³-hybridized carbons (Fsp3) is 0.444. The van der Waals surface area contributed by atoms with E-state index in [4.69, 9.17) is 9.52 Å². The minimum Gasteiger partial charge on any atom is -0.481 e. The number of carboxylic acids is 1. The molecule has 0 aliphatic heterocycles. The van der Waals surface area contributed by atoms with Crippen LogP contribution in [0, 0.1) is 5.41 Å². The predicted octanol–water partition coefficient (Wildman–Crippen LogP) is 2.19. The van der Waals surface area contributed by atoms with Gasteiger partial charge in [0.2, 0.25) is 0 Å².